The van der Waals surface area contributed by atoms with Gasteiger partial charge in [-0.2, -0.15) is 0 Å². The van der Waals surface area contributed by atoms with Crippen LogP contribution in [0, 0.1) is 0 Å². The average Bonchev–Trinajstić information content (AvgIpc) is 3.51. The van der Waals surface area contributed by atoms with Crippen LogP contribution in [0.15, 0.2) is 42.5 Å². The van der Waals surface area contributed by atoms with Crippen molar-refractivity contribution in [2.75, 3.05) is 39.5 Å². The number of nitrogens with one attached hydrogen (secondary N) is 1. The number of ether oxygens (including phenoxy) is 3. The van der Waals surface area contributed by atoms with Crippen LogP contribution in [0.3, 0.4) is 0 Å². The lowest BCUT2D eigenvalue weighted by Gasteiger charge is -2.38. The molecule has 0 bridgehead atoms. The molecule has 1 N–H and O–H groups in total. The number of carbonyl (C=O) groups is 3. The summed E-state index contributed by atoms with van der Waals surface area (Å²) in [6.07, 6.45) is 3.23. The first kappa shape index (κ1) is 24.5. The van der Waals surface area contributed by atoms with Crippen molar-refractivity contribution in [1.82, 2.24) is 10.2 Å². The van der Waals surface area contributed by atoms with Crippen molar-refractivity contribution < 1.29 is 28.6 Å². The number of fused-ring (bicyclic) bond motifs is 1. The van der Waals surface area contributed by atoms with Crippen molar-refractivity contribution in [3.63, 3.8) is 0 Å². The fraction of sp³-hybridized carbons (Fsp3) is 0.464. The first-order valence-corrected chi connectivity index (χ1v) is 12.7. The quantitative estimate of drug-likeness (QED) is 0.568. The molecule has 3 amide bonds. The Labute approximate surface area is 210 Å². The Morgan fingerprint density at radius 3 is 2.50 bits per heavy atom. The van der Waals surface area contributed by atoms with Gasteiger partial charge in [0.25, 0.3) is 17.7 Å². The minimum absolute atomic E-state index is 0.117. The zero-order valence-corrected chi connectivity index (χ0v) is 20.6. The number of amides is 3. The van der Waals surface area contributed by atoms with Gasteiger partial charge in [-0.15, -0.1) is 0 Å². The van der Waals surface area contributed by atoms with E-state index in [-0.39, 0.29) is 41.3 Å². The smallest absolute Gasteiger partial charge is 0.261 e. The second kappa shape index (κ2) is 10.4. The highest BCUT2D eigenvalue weighted by Crippen LogP contribution is 2.35. The molecule has 190 valence electrons. The van der Waals surface area contributed by atoms with Gasteiger partial charge in [-0.3, -0.25) is 19.3 Å². The number of hydrogen-bond donors (Lipinski definition) is 1. The molecular weight excluding hydrogens is 460 g/mol. The van der Waals surface area contributed by atoms with Gasteiger partial charge in [-0.05, 0) is 68.5 Å². The van der Waals surface area contributed by atoms with E-state index in [1.807, 2.05) is 19.1 Å². The van der Waals surface area contributed by atoms with E-state index in [2.05, 4.69) is 17.4 Å². The summed E-state index contributed by atoms with van der Waals surface area (Å²) in [6, 6.07) is 12.8. The molecule has 2 aromatic rings. The number of nitrogens with zero attached hydrogens (tertiary/aromatic N) is 1. The molecule has 3 heterocycles. The van der Waals surface area contributed by atoms with Gasteiger partial charge < -0.3 is 19.5 Å². The van der Waals surface area contributed by atoms with Gasteiger partial charge in [-0.25, -0.2) is 0 Å². The Morgan fingerprint density at radius 2 is 1.81 bits per heavy atom. The SMILES string of the molecule is CCOc1ccc(C2(CNC(=O)c3ccc4c(c3)C(=O)N(CC3CCCO3)C4=O)CCOCC2)cc1. The maximum Gasteiger partial charge on any atom is 0.261 e. The maximum atomic E-state index is 13.2. The summed E-state index contributed by atoms with van der Waals surface area (Å²) < 4.78 is 16.8. The number of hydrogen-bond acceptors (Lipinski definition) is 6. The van der Waals surface area contributed by atoms with Crippen molar-refractivity contribution >= 4 is 17.7 Å². The van der Waals surface area contributed by atoms with Crippen LogP contribution < -0.4 is 10.1 Å². The van der Waals surface area contributed by atoms with Crippen molar-refractivity contribution in [1.29, 1.82) is 0 Å². The van der Waals surface area contributed by atoms with Crippen LogP contribution in [0.25, 0.3) is 0 Å². The highest BCUT2D eigenvalue weighted by Gasteiger charge is 2.38. The zero-order chi connectivity index (χ0) is 25.1. The largest absolute Gasteiger partial charge is 0.494 e. The van der Waals surface area contributed by atoms with E-state index >= 15 is 0 Å². The Balaban J connectivity index is 1.30. The van der Waals surface area contributed by atoms with Crippen molar-refractivity contribution in [2.24, 2.45) is 0 Å². The molecule has 1 atom stereocenters. The van der Waals surface area contributed by atoms with E-state index < -0.39 is 0 Å². The molecule has 2 aromatic carbocycles. The van der Waals surface area contributed by atoms with Gasteiger partial charge in [0.2, 0.25) is 0 Å². The van der Waals surface area contributed by atoms with Crippen LogP contribution in [0.1, 0.15) is 69.2 Å². The van der Waals surface area contributed by atoms with E-state index in [9.17, 15) is 14.4 Å². The van der Waals surface area contributed by atoms with Crippen LogP contribution in [0.2, 0.25) is 0 Å². The van der Waals surface area contributed by atoms with Gasteiger partial charge in [0, 0.05) is 37.3 Å². The van der Waals surface area contributed by atoms with Crippen LogP contribution in [-0.2, 0) is 14.9 Å². The third kappa shape index (κ3) is 4.75. The second-order valence-corrected chi connectivity index (χ2v) is 9.65. The molecule has 0 radical (unpaired) electrons. The van der Waals surface area contributed by atoms with Gasteiger partial charge in [0.15, 0.2) is 0 Å². The fourth-order valence-corrected chi connectivity index (χ4v) is 5.34. The maximum absolute atomic E-state index is 13.2. The van der Waals surface area contributed by atoms with Crippen LogP contribution in [0.4, 0.5) is 0 Å². The highest BCUT2D eigenvalue weighted by atomic mass is 16.5. The van der Waals surface area contributed by atoms with E-state index in [1.54, 1.807) is 12.1 Å². The minimum atomic E-state index is -0.365. The number of imide groups is 1. The molecule has 5 rings (SSSR count). The Kier molecular flexibility index (Phi) is 7.07. The molecule has 8 nitrogen and oxygen atoms in total. The van der Waals surface area contributed by atoms with Crippen LogP contribution in [-0.4, -0.2) is 68.2 Å². The lowest BCUT2D eigenvalue weighted by molar-refractivity contribution is 0.0475. The van der Waals surface area contributed by atoms with Gasteiger partial charge in [0.05, 0.1) is 30.4 Å². The van der Waals surface area contributed by atoms with E-state index in [4.69, 9.17) is 14.2 Å². The normalized spacial score (nSPS) is 20.9. The zero-order valence-electron chi connectivity index (χ0n) is 20.6. The number of benzene rings is 2. The summed E-state index contributed by atoms with van der Waals surface area (Å²) in [7, 11) is 0. The topological polar surface area (TPSA) is 94.2 Å². The first-order chi connectivity index (χ1) is 17.5. The molecule has 36 heavy (non-hydrogen) atoms. The summed E-state index contributed by atoms with van der Waals surface area (Å²) in [6.45, 7) is 5.16. The molecule has 2 fully saturated rings. The number of carbonyl (C=O) groups excluding carboxylic acids is 3. The van der Waals surface area contributed by atoms with Gasteiger partial charge in [-0.1, -0.05) is 12.1 Å². The second-order valence-electron chi connectivity index (χ2n) is 9.65. The Morgan fingerprint density at radius 1 is 1.06 bits per heavy atom. The molecule has 1 unspecified atom stereocenters. The fourth-order valence-electron chi connectivity index (χ4n) is 5.34. The molecule has 3 aliphatic rings. The summed E-state index contributed by atoms with van der Waals surface area (Å²) in [5, 5.41) is 3.08. The minimum Gasteiger partial charge on any atom is -0.494 e. The summed E-state index contributed by atoms with van der Waals surface area (Å²) in [5.41, 5.74) is 1.86. The predicted octanol–water partition coefficient (Wildman–Crippen LogP) is 3.34. The van der Waals surface area contributed by atoms with E-state index in [0.29, 0.717) is 44.1 Å². The third-order valence-electron chi connectivity index (χ3n) is 7.46. The van der Waals surface area contributed by atoms with Gasteiger partial charge >= 0.3 is 0 Å². The predicted molar refractivity (Wildman–Crippen MR) is 132 cm³/mol. The van der Waals surface area contributed by atoms with Gasteiger partial charge in [0.1, 0.15) is 5.75 Å². The van der Waals surface area contributed by atoms with Crippen molar-refractivity contribution in [3.05, 3.63) is 64.7 Å². The third-order valence-corrected chi connectivity index (χ3v) is 7.46. The van der Waals surface area contributed by atoms with E-state index in [1.165, 1.54) is 11.0 Å². The summed E-state index contributed by atoms with van der Waals surface area (Å²) in [4.78, 5) is 40.2. The van der Waals surface area contributed by atoms with Crippen LogP contribution in [0.5, 0.6) is 5.75 Å². The average molecular weight is 493 g/mol. The summed E-state index contributed by atoms with van der Waals surface area (Å²) in [5.74, 6) is -0.143. The molecule has 2 saturated heterocycles. The number of rotatable bonds is 8. The summed E-state index contributed by atoms with van der Waals surface area (Å²) >= 11 is 0. The standard InChI is InChI=1S/C28H32N2O6/c1-2-35-21-8-6-20(7-9-21)28(11-14-34-15-12-28)18-29-25(31)19-5-10-23-24(16-19)27(33)30(26(23)32)17-22-4-3-13-36-22/h5-10,16,22H,2-4,11-15,17-18H2,1H3,(H,29,31). The Hall–Kier alpha value is -3.23. The Bertz CT molecular complexity index is 1130. The first-order valence-electron chi connectivity index (χ1n) is 12.7. The molecule has 0 spiro atoms. The van der Waals surface area contributed by atoms with Crippen molar-refractivity contribution in [3.8, 4) is 5.75 Å². The van der Waals surface area contributed by atoms with E-state index in [0.717, 1.165) is 37.0 Å². The molecule has 8 heteroatoms. The molecule has 0 aromatic heterocycles. The van der Waals surface area contributed by atoms with Crippen molar-refractivity contribution in [2.45, 2.75) is 44.1 Å². The molecule has 3 aliphatic heterocycles. The monoisotopic (exact) mass is 492 g/mol. The van der Waals surface area contributed by atoms with Crippen LogP contribution >= 0.6 is 0 Å². The lowest BCUT2D eigenvalue weighted by atomic mass is 9.74. The highest BCUT2D eigenvalue weighted by molar-refractivity contribution is 6.22. The molecule has 0 saturated carbocycles. The molecular formula is C28H32N2O6. The molecule has 0 aliphatic carbocycles. The lowest BCUT2D eigenvalue weighted by Crippen LogP contribution is -2.44.